The monoisotopic (exact) mass is 264 g/mol. The van der Waals surface area contributed by atoms with Gasteiger partial charge in [-0.2, -0.15) is 0 Å². The SMILES string of the molecule is CCC(C)CC(=O)NC(=S)Nc1ccccc1C. The van der Waals surface area contributed by atoms with E-state index in [9.17, 15) is 4.79 Å². The summed E-state index contributed by atoms with van der Waals surface area (Å²) in [6.07, 6.45) is 1.50. The summed E-state index contributed by atoms with van der Waals surface area (Å²) in [5.74, 6) is 0.349. The fourth-order valence-corrected chi connectivity index (χ4v) is 1.73. The van der Waals surface area contributed by atoms with Gasteiger partial charge in [-0.15, -0.1) is 0 Å². The summed E-state index contributed by atoms with van der Waals surface area (Å²) in [5, 5.41) is 6.09. The van der Waals surface area contributed by atoms with E-state index >= 15 is 0 Å². The molecule has 0 radical (unpaired) electrons. The van der Waals surface area contributed by atoms with Gasteiger partial charge in [0.1, 0.15) is 0 Å². The second kappa shape index (κ2) is 7.11. The molecule has 18 heavy (non-hydrogen) atoms. The molecule has 0 saturated heterocycles. The maximum absolute atomic E-state index is 11.7. The third kappa shape index (κ3) is 4.84. The molecule has 0 spiro atoms. The van der Waals surface area contributed by atoms with Crippen molar-refractivity contribution in [2.75, 3.05) is 5.32 Å². The molecule has 0 aliphatic carbocycles. The van der Waals surface area contributed by atoms with Crippen molar-refractivity contribution < 1.29 is 4.79 Å². The molecule has 0 bridgehead atoms. The number of para-hydroxylation sites is 1. The van der Waals surface area contributed by atoms with Gasteiger partial charge in [-0.25, -0.2) is 0 Å². The van der Waals surface area contributed by atoms with Crippen LogP contribution in [0.1, 0.15) is 32.3 Å². The minimum Gasteiger partial charge on any atom is -0.332 e. The predicted molar refractivity (Wildman–Crippen MR) is 79.6 cm³/mol. The molecule has 4 heteroatoms. The third-order valence-electron chi connectivity index (χ3n) is 2.88. The van der Waals surface area contributed by atoms with E-state index in [0.717, 1.165) is 17.7 Å². The van der Waals surface area contributed by atoms with Crippen molar-refractivity contribution in [3.8, 4) is 0 Å². The van der Waals surface area contributed by atoms with Crippen LogP contribution in [0.15, 0.2) is 24.3 Å². The number of carbonyl (C=O) groups excluding carboxylic acids is 1. The van der Waals surface area contributed by atoms with Crippen molar-refractivity contribution in [3.05, 3.63) is 29.8 Å². The summed E-state index contributed by atoms with van der Waals surface area (Å²) in [4.78, 5) is 11.7. The molecule has 1 atom stereocenters. The van der Waals surface area contributed by atoms with Gasteiger partial charge >= 0.3 is 0 Å². The van der Waals surface area contributed by atoms with Gasteiger partial charge in [-0.05, 0) is 36.7 Å². The number of rotatable bonds is 4. The number of amides is 1. The number of aryl methyl sites for hydroxylation is 1. The van der Waals surface area contributed by atoms with Crippen molar-refractivity contribution in [2.24, 2.45) is 5.92 Å². The van der Waals surface area contributed by atoms with Gasteiger partial charge in [0.15, 0.2) is 5.11 Å². The molecule has 1 amide bonds. The first-order chi connectivity index (χ1) is 8.52. The van der Waals surface area contributed by atoms with E-state index in [1.165, 1.54) is 0 Å². The summed E-state index contributed by atoms with van der Waals surface area (Å²) in [6.45, 7) is 6.12. The molecular formula is C14H20N2OS. The van der Waals surface area contributed by atoms with E-state index < -0.39 is 0 Å². The zero-order valence-corrected chi connectivity index (χ0v) is 11.9. The zero-order valence-electron chi connectivity index (χ0n) is 11.1. The normalized spacial score (nSPS) is 11.7. The number of anilines is 1. The van der Waals surface area contributed by atoms with Crippen molar-refractivity contribution >= 4 is 28.9 Å². The molecular weight excluding hydrogens is 244 g/mol. The Kier molecular flexibility index (Phi) is 5.78. The average molecular weight is 264 g/mol. The summed E-state index contributed by atoms with van der Waals surface area (Å²) >= 11 is 5.12. The van der Waals surface area contributed by atoms with Crippen LogP contribution in [0.5, 0.6) is 0 Å². The minimum absolute atomic E-state index is 0.0320. The highest BCUT2D eigenvalue weighted by Gasteiger charge is 2.09. The van der Waals surface area contributed by atoms with Crippen LogP contribution in [0.25, 0.3) is 0 Å². The van der Waals surface area contributed by atoms with E-state index in [1.807, 2.05) is 31.2 Å². The second-order valence-corrected chi connectivity index (χ2v) is 4.94. The Balaban J connectivity index is 2.47. The smallest absolute Gasteiger partial charge is 0.226 e. The lowest BCUT2D eigenvalue weighted by Gasteiger charge is -2.13. The molecule has 1 rings (SSSR count). The topological polar surface area (TPSA) is 41.1 Å². The molecule has 0 fully saturated rings. The van der Waals surface area contributed by atoms with E-state index in [4.69, 9.17) is 12.2 Å². The van der Waals surface area contributed by atoms with Crippen molar-refractivity contribution in [3.63, 3.8) is 0 Å². The average Bonchev–Trinajstić information content (AvgIpc) is 2.31. The highest BCUT2D eigenvalue weighted by Crippen LogP contribution is 2.12. The number of carbonyl (C=O) groups is 1. The number of hydrogen-bond donors (Lipinski definition) is 2. The van der Waals surface area contributed by atoms with Crippen LogP contribution in [0.2, 0.25) is 0 Å². The largest absolute Gasteiger partial charge is 0.332 e. The lowest BCUT2D eigenvalue weighted by atomic mass is 10.1. The highest BCUT2D eigenvalue weighted by atomic mass is 32.1. The molecule has 98 valence electrons. The molecule has 0 aromatic heterocycles. The molecule has 2 N–H and O–H groups in total. The van der Waals surface area contributed by atoms with E-state index in [2.05, 4.69) is 24.5 Å². The Labute approximate surface area is 114 Å². The van der Waals surface area contributed by atoms with E-state index in [-0.39, 0.29) is 5.91 Å². The van der Waals surface area contributed by atoms with Gasteiger partial charge in [0.05, 0.1) is 0 Å². The maximum atomic E-state index is 11.7. The quantitative estimate of drug-likeness (QED) is 0.820. The molecule has 3 nitrogen and oxygen atoms in total. The third-order valence-corrected chi connectivity index (χ3v) is 3.08. The highest BCUT2D eigenvalue weighted by molar-refractivity contribution is 7.80. The summed E-state index contributed by atoms with van der Waals surface area (Å²) in [7, 11) is 0. The van der Waals surface area contributed by atoms with Crippen molar-refractivity contribution in [2.45, 2.75) is 33.6 Å². The van der Waals surface area contributed by atoms with Gasteiger partial charge < -0.3 is 10.6 Å². The fourth-order valence-electron chi connectivity index (χ4n) is 1.51. The Morgan fingerprint density at radius 1 is 1.39 bits per heavy atom. The summed E-state index contributed by atoms with van der Waals surface area (Å²) in [5.41, 5.74) is 2.02. The van der Waals surface area contributed by atoms with Gasteiger partial charge in [-0.3, -0.25) is 4.79 Å². The van der Waals surface area contributed by atoms with Crippen LogP contribution in [0.4, 0.5) is 5.69 Å². The molecule has 1 aromatic rings. The van der Waals surface area contributed by atoms with Crippen LogP contribution in [0.3, 0.4) is 0 Å². The number of hydrogen-bond acceptors (Lipinski definition) is 2. The first-order valence-electron chi connectivity index (χ1n) is 6.19. The standard InChI is InChI=1S/C14H20N2OS/c1-4-10(2)9-13(17)16-14(18)15-12-8-6-5-7-11(12)3/h5-8,10H,4,9H2,1-3H3,(H2,15,16,17,18). The fraction of sp³-hybridized carbons (Fsp3) is 0.429. The number of nitrogens with one attached hydrogen (secondary N) is 2. The first kappa shape index (κ1) is 14.6. The second-order valence-electron chi connectivity index (χ2n) is 4.53. The Bertz CT molecular complexity index is 432. The van der Waals surface area contributed by atoms with Crippen LogP contribution in [0, 0.1) is 12.8 Å². The van der Waals surface area contributed by atoms with Crippen LogP contribution < -0.4 is 10.6 Å². The summed E-state index contributed by atoms with van der Waals surface area (Å²) < 4.78 is 0. The molecule has 1 unspecified atom stereocenters. The van der Waals surface area contributed by atoms with E-state index in [1.54, 1.807) is 0 Å². The predicted octanol–water partition coefficient (Wildman–Crippen LogP) is 3.24. The van der Waals surface area contributed by atoms with Gasteiger partial charge in [0.2, 0.25) is 5.91 Å². The number of benzene rings is 1. The molecule has 0 heterocycles. The molecule has 0 saturated carbocycles. The van der Waals surface area contributed by atoms with Gasteiger partial charge in [0, 0.05) is 12.1 Å². The Morgan fingerprint density at radius 2 is 2.06 bits per heavy atom. The lowest BCUT2D eigenvalue weighted by Crippen LogP contribution is -2.35. The van der Waals surface area contributed by atoms with E-state index in [0.29, 0.717) is 17.5 Å². The Morgan fingerprint density at radius 3 is 2.67 bits per heavy atom. The molecule has 1 aromatic carbocycles. The molecule has 0 aliphatic rings. The summed E-state index contributed by atoms with van der Waals surface area (Å²) in [6, 6.07) is 7.82. The van der Waals surface area contributed by atoms with Gasteiger partial charge in [0.25, 0.3) is 0 Å². The molecule has 0 aliphatic heterocycles. The zero-order chi connectivity index (χ0) is 13.5. The lowest BCUT2D eigenvalue weighted by molar-refractivity contribution is -0.120. The van der Waals surface area contributed by atoms with Crippen molar-refractivity contribution in [1.29, 1.82) is 0 Å². The van der Waals surface area contributed by atoms with Gasteiger partial charge in [-0.1, -0.05) is 38.5 Å². The van der Waals surface area contributed by atoms with Crippen LogP contribution in [-0.4, -0.2) is 11.0 Å². The number of thiocarbonyl (C=S) groups is 1. The Hall–Kier alpha value is -1.42. The van der Waals surface area contributed by atoms with Crippen LogP contribution in [-0.2, 0) is 4.79 Å². The van der Waals surface area contributed by atoms with Crippen molar-refractivity contribution in [1.82, 2.24) is 5.32 Å². The first-order valence-corrected chi connectivity index (χ1v) is 6.60. The van der Waals surface area contributed by atoms with Crippen LogP contribution >= 0.6 is 12.2 Å². The minimum atomic E-state index is -0.0320. The maximum Gasteiger partial charge on any atom is 0.226 e.